The van der Waals surface area contributed by atoms with E-state index in [1.807, 2.05) is 49.4 Å². The largest absolute Gasteiger partial charge is 0.305 e. The number of rotatable bonds is 4. The fourth-order valence-corrected chi connectivity index (χ4v) is 2.04. The number of nitrogens with zero attached hydrogens (tertiary/aromatic N) is 4. The molecule has 1 aromatic carbocycles. The van der Waals surface area contributed by atoms with E-state index in [9.17, 15) is 4.79 Å². The lowest BCUT2D eigenvalue weighted by Gasteiger charge is -2.04. The van der Waals surface area contributed by atoms with E-state index < -0.39 is 0 Å². The van der Waals surface area contributed by atoms with E-state index in [4.69, 9.17) is 0 Å². The molecule has 110 valence electrons. The molecule has 2 aromatic heterocycles. The first-order chi connectivity index (χ1) is 10.7. The smallest absolute Gasteiger partial charge is 0.279 e. The average Bonchev–Trinajstić information content (AvgIpc) is 2.99. The monoisotopic (exact) mass is 293 g/mol. The van der Waals surface area contributed by atoms with Gasteiger partial charge in [-0.05, 0) is 24.1 Å². The minimum Gasteiger partial charge on any atom is -0.305 e. The number of pyridine rings is 1. The summed E-state index contributed by atoms with van der Waals surface area (Å²) in [5.41, 5.74) is 2.26. The van der Waals surface area contributed by atoms with Crippen molar-refractivity contribution in [2.24, 2.45) is 0 Å². The summed E-state index contributed by atoms with van der Waals surface area (Å²) in [5.74, 6) is 0.214. The van der Waals surface area contributed by atoms with E-state index in [1.165, 1.54) is 0 Å². The van der Waals surface area contributed by atoms with Crippen molar-refractivity contribution in [2.45, 2.75) is 13.5 Å². The Bertz CT molecular complexity index is 782. The lowest BCUT2D eigenvalue weighted by atomic mass is 10.2. The second-order valence-electron chi connectivity index (χ2n) is 4.91. The van der Waals surface area contributed by atoms with Crippen LogP contribution in [0.15, 0.2) is 54.9 Å². The fourth-order valence-electron chi connectivity index (χ4n) is 2.04. The lowest BCUT2D eigenvalue weighted by molar-refractivity contribution is 0.102. The van der Waals surface area contributed by atoms with E-state index in [-0.39, 0.29) is 11.6 Å². The van der Waals surface area contributed by atoms with Crippen molar-refractivity contribution < 1.29 is 4.79 Å². The van der Waals surface area contributed by atoms with Crippen LogP contribution in [-0.2, 0) is 6.54 Å². The van der Waals surface area contributed by atoms with Crippen LogP contribution in [0.4, 0.5) is 5.82 Å². The van der Waals surface area contributed by atoms with E-state index in [2.05, 4.69) is 20.6 Å². The van der Waals surface area contributed by atoms with E-state index >= 15 is 0 Å². The maximum absolute atomic E-state index is 12.2. The predicted octanol–water partition coefficient (Wildman–Crippen LogP) is 2.28. The molecule has 22 heavy (non-hydrogen) atoms. The van der Waals surface area contributed by atoms with E-state index in [1.54, 1.807) is 17.1 Å². The Morgan fingerprint density at radius 1 is 1.18 bits per heavy atom. The van der Waals surface area contributed by atoms with Gasteiger partial charge in [0.1, 0.15) is 5.82 Å². The Morgan fingerprint density at radius 2 is 2.00 bits per heavy atom. The van der Waals surface area contributed by atoms with Gasteiger partial charge in [-0.25, -0.2) is 9.67 Å². The second kappa shape index (κ2) is 6.17. The van der Waals surface area contributed by atoms with Gasteiger partial charge in [0, 0.05) is 6.20 Å². The second-order valence-corrected chi connectivity index (χ2v) is 4.91. The van der Waals surface area contributed by atoms with Gasteiger partial charge in [-0.1, -0.05) is 41.6 Å². The summed E-state index contributed by atoms with van der Waals surface area (Å²) in [6.07, 6.45) is 3.26. The molecule has 3 rings (SSSR count). The quantitative estimate of drug-likeness (QED) is 0.801. The van der Waals surface area contributed by atoms with Crippen LogP contribution in [0.25, 0.3) is 0 Å². The molecule has 6 heteroatoms. The molecule has 3 aromatic rings. The van der Waals surface area contributed by atoms with Gasteiger partial charge in [0.2, 0.25) is 0 Å². The van der Waals surface area contributed by atoms with Crippen molar-refractivity contribution in [3.8, 4) is 0 Å². The van der Waals surface area contributed by atoms with Gasteiger partial charge in [-0.2, -0.15) is 0 Å². The Balaban J connectivity index is 1.71. The van der Waals surface area contributed by atoms with E-state index in [0.717, 1.165) is 11.1 Å². The molecule has 0 spiro atoms. The first-order valence-electron chi connectivity index (χ1n) is 6.89. The van der Waals surface area contributed by atoms with Crippen LogP contribution in [0.5, 0.6) is 0 Å². The van der Waals surface area contributed by atoms with Crippen molar-refractivity contribution in [1.29, 1.82) is 0 Å². The zero-order chi connectivity index (χ0) is 15.4. The minimum atomic E-state index is -0.318. The molecule has 0 saturated heterocycles. The molecule has 0 atom stereocenters. The number of benzene rings is 1. The molecule has 0 fully saturated rings. The van der Waals surface area contributed by atoms with Crippen molar-refractivity contribution >= 4 is 11.7 Å². The standard InChI is InChI=1S/C16H15N5O/c1-12-6-5-9-17-15(12)18-16(22)14-11-21(20-19-14)10-13-7-3-2-4-8-13/h2-9,11H,10H2,1H3,(H,17,18,22). The molecule has 0 aliphatic carbocycles. The molecular weight excluding hydrogens is 278 g/mol. The number of hydrogen-bond acceptors (Lipinski definition) is 4. The lowest BCUT2D eigenvalue weighted by Crippen LogP contribution is -2.14. The first-order valence-corrected chi connectivity index (χ1v) is 6.89. The molecule has 0 bridgehead atoms. The molecule has 1 amide bonds. The summed E-state index contributed by atoms with van der Waals surface area (Å²) in [4.78, 5) is 16.3. The van der Waals surface area contributed by atoms with Gasteiger partial charge in [-0.15, -0.1) is 5.10 Å². The molecule has 0 aliphatic heterocycles. The molecule has 1 N–H and O–H groups in total. The van der Waals surface area contributed by atoms with Gasteiger partial charge in [0.15, 0.2) is 5.69 Å². The van der Waals surface area contributed by atoms with Crippen molar-refractivity contribution in [3.05, 3.63) is 71.7 Å². The normalized spacial score (nSPS) is 10.4. The number of anilines is 1. The molecule has 0 radical (unpaired) electrons. The van der Waals surface area contributed by atoms with Crippen LogP contribution in [0, 0.1) is 6.92 Å². The van der Waals surface area contributed by atoms with Crippen molar-refractivity contribution in [3.63, 3.8) is 0 Å². The first kappa shape index (κ1) is 13.9. The SMILES string of the molecule is Cc1cccnc1NC(=O)c1cn(Cc2ccccc2)nn1. The number of aromatic nitrogens is 4. The van der Waals surface area contributed by atoms with E-state index in [0.29, 0.717) is 12.4 Å². The minimum absolute atomic E-state index is 0.265. The number of hydrogen-bond donors (Lipinski definition) is 1. The Kier molecular flexibility index (Phi) is 3.91. The molecule has 0 aliphatic rings. The number of aryl methyl sites for hydroxylation is 1. The Morgan fingerprint density at radius 3 is 2.77 bits per heavy atom. The van der Waals surface area contributed by atoms with Gasteiger partial charge < -0.3 is 5.32 Å². The number of nitrogens with one attached hydrogen (secondary N) is 1. The van der Waals surface area contributed by atoms with Crippen molar-refractivity contribution in [2.75, 3.05) is 5.32 Å². The zero-order valence-electron chi connectivity index (χ0n) is 12.1. The van der Waals surface area contributed by atoms with Gasteiger partial charge in [0.05, 0.1) is 12.7 Å². The number of carbonyl (C=O) groups is 1. The predicted molar refractivity (Wildman–Crippen MR) is 82.5 cm³/mol. The Hall–Kier alpha value is -3.02. The summed E-state index contributed by atoms with van der Waals surface area (Å²) < 4.78 is 1.63. The highest BCUT2D eigenvalue weighted by Gasteiger charge is 2.12. The summed E-state index contributed by atoms with van der Waals surface area (Å²) in [7, 11) is 0. The maximum Gasteiger partial charge on any atom is 0.279 e. The van der Waals surface area contributed by atoms with Crippen molar-refractivity contribution in [1.82, 2.24) is 20.0 Å². The summed E-state index contributed by atoms with van der Waals surface area (Å²) in [6, 6.07) is 13.6. The fraction of sp³-hybridized carbons (Fsp3) is 0.125. The number of carbonyl (C=O) groups excluding carboxylic acids is 1. The summed E-state index contributed by atoms with van der Waals surface area (Å²) in [5, 5.41) is 10.6. The van der Waals surface area contributed by atoms with Crippen LogP contribution < -0.4 is 5.32 Å². The Labute approximate surface area is 127 Å². The van der Waals surface area contributed by atoms with Crippen LogP contribution in [0.2, 0.25) is 0 Å². The highest BCUT2D eigenvalue weighted by atomic mass is 16.2. The average molecular weight is 293 g/mol. The topological polar surface area (TPSA) is 72.7 Å². The third-order valence-corrected chi connectivity index (χ3v) is 3.20. The van der Waals surface area contributed by atoms with Crippen LogP contribution in [0.3, 0.4) is 0 Å². The molecule has 0 unspecified atom stereocenters. The number of amides is 1. The third-order valence-electron chi connectivity index (χ3n) is 3.20. The highest BCUT2D eigenvalue weighted by Crippen LogP contribution is 2.10. The highest BCUT2D eigenvalue weighted by molar-refractivity contribution is 6.02. The van der Waals surface area contributed by atoms with Crippen LogP contribution >= 0.6 is 0 Å². The summed E-state index contributed by atoms with van der Waals surface area (Å²) >= 11 is 0. The molecule has 0 saturated carbocycles. The van der Waals surface area contributed by atoms with Crippen LogP contribution in [-0.4, -0.2) is 25.9 Å². The third kappa shape index (κ3) is 3.17. The van der Waals surface area contributed by atoms with Gasteiger partial charge in [0.25, 0.3) is 5.91 Å². The van der Waals surface area contributed by atoms with Crippen LogP contribution in [0.1, 0.15) is 21.6 Å². The van der Waals surface area contributed by atoms with Gasteiger partial charge in [-0.3, -0.25) is 4.79 Å². The molecule has 2 heterocycles. The summed E-state index contributed by atoms with van der Waals surface area (Å²) in [6.45, 7) is 2.46. The molecule has 6 nitrogen and oxygen atoms in total. The van der Waals surface area contributed by atoms with Gasteiger partial charge >= 0.3 is 0 Å². The maximum atomic E-state index is 12.2. The molecular formula is C16H15N5O. The zero-order valence-corrected chi connectivity index (χ0v) is 12.1.